The van der Waals surface area contributed by atoms with Gasteiger partial charge in [-0.3, -0.25) is 0 Å². The summed E-state index contributed by atoms with van der Waals surface area (Å²) >= 11 is 5.75. The van der Waals surface area contributed by atoms with Crippen LogP contribution in [0.3, 0.4) is 0 Å². The summed E-state index contributed by atoms with van der Waals surface area (Å²) in [7, 11) is 0. The molecule has 0 aliphatic rings. The first-order chi connectivity index (χ1) is 8.69. The van der Waals surface area contributed by atoms with Gasteiger partial charge in [0.15, 0.2) is 0 Å². The van der Waals surface area contributed by atoms with Gasteiger partial charge in [0.25, 0.3) is 0 Å². The Morgan fingerprint density at radius 2 is 1.94 bits per heavy atom. The zero-order chi connectivity index (χ0) is 13.0. The second-order valence-corrected chi connectivity index (χ2v) is 4.70. The predicted molar refractivity (Wildman–Crippen MR) is 74.4 cm³/mol. The van der Waals surface area contributed by atoms with Crippen molar-refractivity contribution < 1.29 is 4.74 Å². The number of halogens is 1. The van der Waals surface area contributed by atoms with E-state index in [-0.39, 0.29) is 0 Å². The Morgan fingerprint density at radius 3 is 2.67 bits per heavy atom. The second kappa shape index (κ2) is 5.87. The fourth-order valence-electron chi connectivity index (χ4n) is 1.65. The van der Waals surface area contributed by atoms with Crippen molar-refractivity contribution in [3.63, 3.8) is 0 Å². The average Bonchev–Trinajstić information content (AvgIpc) is 2.39. The van der Waals surface area contributed by atoms with E-state index in [2.05, 4.69) is 24.9 Å². The molecular formula is C15H16ClNO. The van der Waals surface area contributed by atoms with Crippen molar-refractivity contribution in [2.45, 2.75) is 25.6 Å². The minimum atomic E-state index is 0.392. The molecule has 0 N–H and O–H groups in total. The van der Waals surface area contributed by atoms with E-state index in [1.54, 1.807) is 0 Å². The summed E-state index contributed by atoms with van der Waals surface area (Å²) < 4.78 is 5.74. The highest BCUT2D eigenvalue weighted by Gasteiger charge is 2.03. The van der Waals surface area contributed by atoms with Crippen LogP contribution in [0, 0.1) is 0 Å². The number of benzene rings is 1. The van der Waals surface area contributed by atoms with E-state index in [1.165, 1.54) is 5.56 Å². The zero-order valence-electron chi connectivity index (χ0n) is 10.6. The smallest absolute Gasteiger partial charge is 0.219 e. The van der Waals surface area contributed by atoms with Gasteiger partial charge in [-0.2, -0.15) is 0 Å². The lowest BCUT2D eigenvalue weighted by Gasteiger charge is -2.09. The van der Waals surface area contributed by atoms with Gasteiger partial charge in [0.2, 0.25) is 5.88 Å². The molecule has 1 aromatic heterocycles. The summed E-state index contributed by atoms with van der Waals surface area (Å²) in [5.41, 5.74) is 2.06. The molecule has 3 heteroatoms. The van der Waals surface area contributed by atoms with Gasteiger partial charge in [0, 0.05) is 6.07 Å². The van der Waals surface area contributed by atoms with E-state index in [0.717, 1.165) is 11.4 Å². The number of alkyl halides is 1. The molecule has 0 aliphatic carbocycles. The number of rotatable bonds is 4. The number of aromatic nitrogens is 1. The maximum absolute atomic E-state index is 5.75. The zero-order valence-corrected chi connectivity index (χ0v) is 11.3. The highest BCUT2D eigenvalue weighted by atomic mass is 35.5. The molecule has 0 atom stereocenters. The molecule has 2 nitrogen and oxygen atoms in total. The Hall–Kier alpha value is -1.54. The maximum atomic E-state index is 5.75. The van der Waals surface area contributed by atoms with Crippen molar-refractivity contribution in [2.24, 2.45) is 0 Å². The fourth-order valence-corrected chi connectivity index (χ4v) is 1.80. The fraction of sp³-hybridized carbons (Fsp3) is 0.267. The normalized spacial score (nSPS) is 10.7. The van der Waals surface area contributed by atoms with Gasteiger partial charge in [0.1, 0.15) is 5.75 Å². The summed E-state index contributed by atoms with van der Waals surface area (Å²) in [6.45, 7) is 4.32. The third-order valence-electron chi connectivity index (χ3n) is 2.67. The van der Waals surface area contributed by atoms with Crippen LogP contribution < -0.4 is 4.74 Å². The van der Waals surface area contributed by atoms with Crippen molar-refractivity contribution in [1.29, 1.82) is 0 Å². The van der Waals surface area contributed by atoms with Crippen LogP contribution in [0.5, 0.6) is 11.6 Å². The largest absolute Gasteiger partial charge is 0.439 e. The van der Waals surface area contributed by atoms with Crippen LogP contribution in [-0.4, -0.2) is 4.98 Å². The standard InChI is InChI=1S/C15H16ClNO/c1-11(2)12-5-3-7-14(9-12)18-15-8-4-6-13(10-16)17-15/h3-9,11H,10H2,1-2H3. The number of pyridine rings is 1. The molecule has 0 saturated heterocycles. The first-order valence-electron chi connectivity index (χ1n) is 5.99. The highest BCUT2D eigenvalue weighted by molar-refractivity contribution is 6.16. The highest BCUT2D eigenvalue weighted by Crippen LogP contribution is 2.24. The van der Waals surface area contributed by atoms with Gasteiger partial charge in [-0.1, -0.05) is 32.0 Å². The lowest BCUT2D eigenvalue weighted by Crippen LogP contribution is -1.93. The van der Waals surface area contributed by atoms with Crippen LogP contribution in [-0.2, 0) is 5.88 Å². The van der Waals surface area contributed by atoms with Crippen molar-refractivity contribution >= 4 is 11.6 Å². The summed E-state index contributed by atoms with van der Waals surface area (Å²) in [4.78, 5) is 4.31. The van der Waals surface area contributed by atoms with Crippen LogP contribution in [0.15, 0.2) is 42.5 Å². The number of hydrogen-bond acceptors (Lipinski definition) is 2. The molecule has 0 saturated carbocycles. The molecule has 18 heavy (non-hydrogen) atoms. The van der Waals surface area contributed by atoms with Crippen LogP contribution in [0.25, 0.3) is 0 Å². The molecule has 0 aliphatic heterocycles. The van der Waals surface area contributed by atoms with Crippen molar-refractivity contribution in [3.05, 3.63) is 53.7 Å². The summed E-state index contributed by atoms with van der Waals surface area (Å²) in [6.07, 6.45) is 0. The molecule has 2 aromatic rings. The number of ether oxygens (including phenoxy) is 1. The molecule has 0 radical (unpaired) electrons. The molecule has 0 spiro atoms. The molecule has 2 rings (SSSR count). The van der Waals surface area contributed by atoms with Gasteiger partial charge >= 0.3 is 0 Å². The van der Waals surface area contributed by atoms with Crippen molar-refractivity contribution in [1.82, 2.24) is 4.98 Å². The number of hydrogen-bond donors (Lipinski definition) is 0. The minimum absolute atomic E-state index is 0.392. The Kier molecular flexibility index (Phi) is 4.21. The first kappa shape index (κ1) is 12.9. The van der Waals surface area contributed by atoms with Gasteiger partial charge in [-0.15, -0.1) is 11.6 Å². The molecule has 0 amide bonds. The summed E-state index contributed by atoms with van der Waals surface area (Å²) in [5.74, 6) is 2.26. The second-order valence-electron chi connectivity index (χ2n) is 4.43. The summed E-state index contributed by atoms with van der Waals surface area (Å²) in [6, 6.07) is 13.7. The van der Waals surface area contributed by atoms with E-state index in [1.807, 2.05) is 36.4 Å². The predicted octanol–water partition coefficient (Wildman–Crippen LogP) is 4.74. The molecule has 0 bridgehead atoms. The van der Waals surface area contributed by atoms with Crippen molar-refractivity contribution in [3.8, 4) is 11.6 Å². The van der Waals surface area contributed by atoms with Crippen molar-refractivity contribution in [2.75, 3.05) is 0 Å². The van der Waals surface area contributed by atoms with Gasteiger partial charge in [-0.05, 0) is 29.7 Å². The molecule has 0 fully saturated rings. The Bertz CT molecular complexity index is 525. The lowest BCUT2D eigenvalue weighted by atomic mass is 10.0. The molecule has 1 aromatic carbocycles. The van der Waals surface area contributed by atoms with Gasteiger partial charge < -0.3 is 4.74 Å². The Labute approximate surface area is 113 Å². The third kappa shape index (κ3) is 3.23. The molecule has 0 unspecified atom stereocenters. The van der Waals surface area contributed by atoms with Crippen LogP contribution in [0.1, 0.15) is 31.0 Å². The lowest BCUT2D eigenvalue weighted by molar-refractivity contribution is 0.460. The van der Waals surface area contributed by atoms with E-state index in [9.17, 15) is 0 Å². The Morgan fingerprint density at radius 1 is 1.17 bits per heavy atom. The molecule has 94 valence electrons. The van der Waals surface area contributed by atoms with Gasteiger partial charge in [0.05, 0.1) is 11.6 Å². The van der Waals surface area contributed by atoms with E-state index < -0.39 is 0 Å². The maximum Gasteiger partial charge on any atom is 0.219 e. The summed E-state index contributed by atoms with van der Waals surface area (Å²) in [5, 5.41) is 0. The quantitative estimate of drug-likeness (QED) is 0.742. The topological polar surface area (TPSA) is 22.1 Å². The third-order valence-corrected chi connectivity index (χ3v) is 2.94. The molecular weight excluding hydrogens is 246 g/mol. The van der Waals surface area contributed by atoms with Crippen LogP contribution in [0.4, 0.5) is 0 Å². The Balaban J connectivity index is 2.20. The SMILES string of the molecule is CC(C)c1cccc(Oc2cccc(CCl)n2)c1. The van der Waals surface area contributed by atoms with E-state index in [4.69, 9.17) is 16.3 Å². The minimum Gasteiger partial charge on any atom is -0.439 e. The number of nitrogens with zero attached hydrogens (tertiary/aromatic N) is 1. The van der Waals surface area contributed by atoms with E-state index in [0.29, 0.717) is 17.7 Å². The monoisotopic (exact) mass is 261 g/mol. The average molecular weight is 262 g/mol. The van der Waals surface area contributed by atoms with Gasteiger partial charge in [-0.25, -0.2) is 4.98 Å². The first-order valence-corrected chi connectivity index (χ1v) is 6.52. The van der Waals surface area contributed by atoms with Crippen LogP contribution >= 0.6 is 11.6 Å². The van der Waals surface area contributed by atoms with Crippen LogP contribution in [0.2, 0.25) is 0 Å². The van der Waals surface area contributed by atoms with E-state index >= 15 is 0 Å². The molecule has 1 heterocycles.